The van der Waals surface area contributed by atoms with Gasteiger partial charge >= 0.3 is 0 Å². The first-order chi connectivity index (χ1) is 16.9. The van der Waals surface area contributed by atoms with Gasteiger partial charge in [0, 0.05) is 30.9 Å². The zero-order chi connectivity index (χ0) is 26.3. The van der Waals surface area contributed by atoms with Gasteiger partial charge in [-0.1, -0.05) is 29.8 Å². The number of carbonyl (C=O) groups excluding carboxylic acids is 1. The van der Waals surface area contributed by atoms with E-state index in [1.165, 1.54) is 30.0 Å². The first-order valence-corrected chi connectivity index (χ1v) is 13.3. The highest BCUT2D eigenvalue weighted by atomic mass is 35.5. The van der Waals surface area contributed by atoms with Crippen LogP contribution in [0.25, 0.3) is 11.0 Å². The molecule has 0 radical (unpaired) electrons. The van der Waals surface area contributed by atoms with Gasteiger partial charge in [-0.25, -0.2) is 8.42 Å². The van der Waals surface area contributed by atoms with Crippen molar-refractivity contribution in [2.75, 3.05) is 6.61 Å². The minimum absolute atomic E-state index is 0.0523. The van der Waals surface area contributed by atoms with Crippen LogP contribution in [0.1, 0.15) is 42.6 Å². The molecule has 1 N–H and O–H groups in total. The normalized spacial score (nSPS) is 14.9. The molecule has 0 aliphatic heterocycles. The summed E-state index contributed by atoms with van der Waals surface area (Å²) in [5.41, 5.74) is 1.02. The van der Waals surface area contributed by atoms with Crippen LogP contribution in [0.15, 0.2) is 60.0 Å². The van der Waals surface area contributed by atoms with Gasteiger partial charge in [-0.05, 0) is 50.5 Å². The monoisotopic (exact) mass is 529 g/mol. The average Bonchev–Trinajstić information content (AvgIpc) is 3.66. The minimum atomic E-state index is -3.56. The Labute approximate surface area is 214 Å². The van der Waals surface area contributed by atoms with Gasteiger partial charge in [0.25, 0.3) is 11.5 Å². The summed E-state index contributed by atoms with van der Waals surface area (Å²) in [5, 5.41) is 3.33. The molecule has 0 spiro atoms. The van der Waals surface area contributed by atoms with Crippen LogP contribution >= 0.6 is 11.6 Å². The van der Waals surface area contributed by atoms with Crippen LogP contribution in [-0.2, 0) is 23.4 Å². The van der Waals surface area contributed by atoms with Crippen molar-refractivity contribution in [3.8, 4) is 5.75 Å². The SMILES string of the molecule is C=CC(C)(C)S(=O)(=O)C1(COc2ccnc3cc(C(=O)NCc4ccc(Cl)cc4)c(=O)n(C)c23)CC1. The molecule has 0 bridgehead atoms. The Kier molecular flexibility index (Phi) is 6.74. The van der Waals surface area contributed by atoms with Crippen LogP contribution in [0.2, 0.25) is 5.02 Å². The molecule has 8 nitrogen and oxygen atoms in total. The molecule has 2 aromatic heterocycles. The fraction of sp³-hybridized carbons (Fsp3) is 0.346. The maximum atomic E-state index is 13.2. The molecule has 1 fully saturated rings. The molecular weight excluding hydrogens is 502 g/mol. The molecule has 1 amide bonds. The van der Waals surface area contributed by atoms with Crippen LogP contribution in [0.3, 0.4) is 0 Å². The number of amides is 1. The molecule has 3 aromatic rings. The van der Waals surface area contributed by atoms with Gasteiger partial charge in [0.1, 0.15) is 28.2 Å². The van der Waals surface area contributed by atoms with Gasteiger partial charge in [0.2, 0.25) is 0 Å². The Balaban J connectivity index is 1.59. The van der Waals surface area contributed by atoms with E-state index in [4.69, 9.17) is 16.3 Å². The summed E-state index contributed by atoms with van der Waals surface area (Å²) in [6.07, 6.45) is 3.92. The van der Waals surface area contributed by atoms with E-state index in [2.05, 4.69) is 16.9 Å². The number of sulfone groups is 1. The number of aryl methyl sites for hydroxylation is 1. The van der Waals surface area contributed by atoms with Crippen LogP contribution < -0.4 is 15.6 Å². The Bertz CT molecular complexity index is 1510. The third kappa shape index (κ3) is 4.53. The van der Waals surface area contributed by atoms with Crippen molar-refractivity contribution in [1.82, 2.24) is 14.9 Å². The topological polar surface area (TPSA) is 107 Å². The number of hydrogen-bond acceptors (Lipinski definition) is 6. The molecule has 1 aliphatic carbocycles. The number of pyridine rings is 2. The maximum Gasteiger partial charge on any atom is 0.263 e. The summed E-state index contributed by atoms with van der Waals surface area (Å²) in [4.78, 5) is 30.2. The van der Waals surface area contributed by atoms with Crippen molar-refractivity contribution in [2.45, 2.75) is 42.7 Å². The number of fused-ring (bicyclic) bond motifs is 1. The second-order valence-electron chi connectivity index (χ2n) is 9.56. The number of nitrogens with zero attached hydrogens (tertiary/aromatic N) is 2. The summed E-state index contributed by atoms with van der Waals surface area (Å²) >= 11 is 5.89. The lowest BCUT2D eigenvalue weighted by molar-refractivity contribution is 0.0949. The number of halogens is 1. The number of benzene rings is 1. The van der Waals surface area contributed by atoms with Gasteiger partial charge in [-0.2, -0.15) is 0 Å². The summed E-state index contributed by atoms with van der Waals surface area (Å²) in [6, 6.07) is 10.0. The summed E-state index contributed by atoms with van der Waals surface area (Å²) in [6.45, 7) is 7.10. The molecule has 1 aromatic carbocycles. The van der Waals surface area contributed by atoms with Crippen molar-refractivity contribution in [3.63, 3.8) is 0 Å². The lowest BCUT2D eigenvalue weighted by Gasteiger charge is -2.27. The van der Waals surface area contributed by atoms with E-state index in [0.717, 1.165) is 5.56 Å². The maximum absolute atomic E-state index is 13.2. The summed E-state index contributed by atoms with van der Waals surface area (Å²) in [7, 11) is -2.03. The van der Waals surface area contributed by atoms with E-state index >= 15 is 0 Å². The van der Waals surface area contributed by atoms with Gasteiger partial charge in [0.05, 0.1) is 10.3 Å². The van der Waals surface area contributed by atoms with Crippen LogP contribution in [-0.4, -0.2) is 40.0 Å². The molecular formula is C26H28ClN3O5S. The van der Waals surface area contributed by atoms with Crippen molar-refractivity contribution in [1.29, 1.82) is 0 Å². The van der Waals surface area contributed by atoms with Crippen molar-refractivity contribution in [2.24, 2.45) is 7.05 Å². The number of aromatic nitrogens is 2. The molecule has 10 heteroatoms. The molecule has 1 saturated carbocycles. The van der Waals surface area contributed by atoms with E-state index < -0.39 is 30.8 Å². The van der Waals surface area contributed by atoms with Gasteiger partial charge in [-0.15, -0.1) is 6.58 Å². The van der Waals surface area contributed by atoms with Gasteiger partial charge in [-0.3, -0.25) is 14.6 Å². The highest BCUT2D eigenvalue weighted by Crippen LogP contribution is 2.49. The standard InChI is InChI=1S/C26H28ClN3O5S/c1-5-25(2,3)36(33,34)26(11-12-26)16-35-21-10-13-28-20-14-19(24(32)30(4)22(20)21)23(31)29-15-17-6-8-18(27)9-7-17/h5-10,13-14H,1,11-12,15-16H2,2-4H3,(H,29,31). The fourth-order valence-electron chi connectivity index (χ4n) is 4.04. The summed E-state index contributed by atoms with van der Waals surface area (Å²) < 4.78 is 31.6. The van der Waals surface area contributed by atoms with Crippen LogP contribution in [0.4, 0.5) is 0 Å². The van der Waals surface area contributed by atoms with Crippen LogP contribution in [0.5, 0.6) is 5.75 Å². The van der Waals surface area contributed by atoms with Crippen molar-refractivity contribution >= 4 is 38.4 Å². The van der Waals surface area contributed by atoms with E-state index in [1.54, 1.807) is 44.2 Å². The van der Waals surface area contributed by atoms with Crippen LogP contribution in [0, 0.1) is 0 Å². The number of ether oxygens (including phenoxy) is 1. The highest BCUT2D eigenvalue weighted by Gasteiger charge is 2.59. The molecule has 0 unspecified atom stereocenters. The fourth-order valence-corrected chi connectivity index (χ4v) is 6.36. The lowest BCUT2D eigenvalue weighted by Crippen LogP contribution is -2.43. The predicted molar refractivity (Wildman–Crippen MR) is 140 cm³/mol. The Morgan fingerprint density at radius 2 is 1.94 bits per heavy atom. The Morgan fingerprint density at radius 3 is 2.56 bits per heavy atom. The second kappa shape index (κ2) is 9.37. The molecule has 0 atom stereocenters. The molecule has 0 saturated heterocycles. The zero-order valence-electron chi connectivity index (χ0n) is 20.4. The highest BCUT2D eigenvalue weighted by molar-refractivity contribution is 7.94. The number of hydrogen-bond donors (Lipinski definition) is 1. The van der Waals surface area contributed by atoms with E-state index in [0.29, 0.717) is 34.6 Å². The largest absolute Gasteiger partial charge is 0.490 e. The number of carbonyl (C=O) groups is 1. The van der Waals surface area contributed by atoms with Gasteiger partial charge in [0.15, 0.2) is 9.84 Å². The van der Waals surface area contributed by atoms with E-state index in [9.17, 15) is 18.0 Å². The second-order valence-corrected chi connectivity index (χ2v) is 12.9. The summed E-state index contributed by atoms with van der Waals surface area (Å²) in [5.74, 6) is -0.208. The molecule has 190 valence electrons. The quantitative estimate of drug-likeness (QED) is 0.422. The zero-order valence-corrected chi connectivity index (χ0v) is 21.9. The Hall–Kier alpha value is -3.17. The average molecular weight is 530 g/mol. The minimum Gasteiger partial charge on any atom is -0.490 e. The van der Waals surface area contributed by atoms with Gasteiger partial charge < -0.3 is 14.6 Å². The molecule has 4 rings (SSSR count). The smallest absolute Gasteiger partial charge is 0.263 e. The first-order valence-electron chi connectivity index (χ1n) is 11.4. The van der Waals surface area contributed by atoms with Crippen molar-refractivity contribution in [3.05, 3.63) is 81.8 Å². The molecule has 36 heavy (non-hydrogen) atoms. The lowest BCUT2D eigenvalue weighted by atomic mass is 10.2. The molecule has 1 aliphatic rings. The first kappa shape index (κ1) is 25.9. The predicted octanol–water partition coefficient (Wildman–Crippen LogP) is 3.81. The Morgan fingerprint density at radius 1 is 1.28 bits per heavy atom. The van der Waals surface area contributed by atoms with E-state index in [-0.39, 0.29) is 18.7 Å². The van der Waals surface area contributed by atoms with Crippen molar-refractivity contribution < 1.29 is 17.9 Å². The number of nitrogens with one attached hydrogen (secondary N) is 1. The number of rotatable bonds is 9. The third-order valence-corrected chi connectivity index (χ3v) is 10.2. The third-order valence-electron chi connectivity index (χ3n) is 6.73. The van der Waals surface area contributed by atoms with E-state index in [1.807, 2.05) is 0 Å². The molecule has 2 heterocycles.